The summed E-state index contributed by atoms with van der Waals surface area (Å²) in [5.74, 6) is 0.874. The summed E-state index contributed by atoms with van der Waals surface area (Å²) in [6.07, 6.45) is 5.19. The van der Waals surface area contributed by atoms with E-state index in [1.54, 1.807) is 6.20 Å². The molecule has 1 amide bonds. The number of hydrogen-bond donors (Lipinski definition) is 1. The molecule has 27 heavy (non-hydrogen) atoms. The lowest BCUT2D eigenvalue weighted by atomic mass is 9.78. The number of likely N-dealkylation sites (tertiary alicyclic amines) is 1. The number of rotatable bonds is 4. The van der Waals surface area contributed by atoms with E-state index >= 15 is 0 Å². The van der Waals surface area contributed by atoms with E-state index in [-0.39, 0.29) is 5.91 Å². The first-order valence-corrected chi connectivity index (χ1v) is 9.78. The van der Waals surface area contributed by atoms with E-state index in [2.05, 4.69) is 10.3 Å². The van der Waals surface area contributed by atoms with E-state index in [9.17, 15) is 4.79 Å². The Bertz CT molecular complexity index is 787. The summed E-state index contributed by atoms with van der Waals surface area (Å²) in [7, 11) is 0. The smallest absolute Gasteiger partial charge is 0.253 e. The first-order chi connectivity index (χ1) is 13.1. The quantitative estimate of drug-likeness (QED) is 0.904. The molecule has 0 saturated carbocycles. The second-order valence-corrected chi connectivity index (χ2v) is 7.84. The number of hydrogen-bond acceptors (Lipinski definition) is 4. The normalized spacial score (nSPS) is 18.6. The predicted molar refractivity (Wildman–Crippen MR) is 105 cm³/mol. The monoisotopic (exact) mass is 365 g/mol. The van der Waals surface area contributed by atoms with Crippen LogP contribution in [0.5, 0.6) is 5.75 Å². The first-order valence-electron chi connectivity index (χ1n) is 9.78. The molecule has 0 bridgehead atoms. The maximum atomic E-state index is 12.9. The van der Waals surface area contributed by atoms with Crippen LogP contribution < -0.4 is 10.1 Å². The second-order valence-electron chi connectivity index (χ2n) is 7.84. The summed E-state index contributed by atoms with van der Waals surface area (Å²) in [5.41, 5.74) is 3.13. The number of aromatic nitrogens is 1. The van der Waals surface area contributed by atoms with E-state index < -0.39 is 0 Å². The number of nitrogens with one attached hydrogen (secondary N) is 1. The number of carbonyl (C=O) groups is 1. The molecule has 5 nitrogen and oxygen atoms in total. The molecule has 0 unspecified atom stereocenters. The van der Waals surface area contributed by atoms with Crippen molar-refractivity contribution in [2.45, 2.75) is 32.8 Å². The standard InChI is InChI=1S/C22H27N3O2/c1-17-5-6-20(14-24-17)27-15-18-3-2-4-19(13-18)21(26)25-11-8-22(9-12-25)7-10-23-16-22/h2-6,13-14,23H,7-12,15-16H2,1H3. The van der Waals surface area contributed by atoms with Crippen molar-refractivity contribution in [2.24, 2.45) is 5.41 Å². The molecule has 2 fully saturated rings. The predicted octanol–water partition coefficient (Wildman–Crippen LogP) is 3.18. The van der Waals surface area contributed by atoms with Gasteiger partial charge in [-0.25, -0.2) is 0 Å². The third-order valence-electron chi connectivity index (χ3n) is 5.91. The summed E-state index contributed by atoms with van der Waals surface area (Å²) in [6, 6.07) is 11.6. The van der Waals surface area contributed by atoms with Gasteiger partial charge in [0, 0.05) is 30.9 Å². The van der Waals surface area contributed by atoms with Gasteiger partial charge in [-0.3, -0.25) is 9.78 Å². The Hall–Kier alpha value is -2.40. The van der Waals surface area contributed by atoms with Crippen molar-refractivity contribution in [3.8, 4) is 5.75 Å². The minimum Gasteiger partial charge on any atom is -0.487 e. The van der Waals surface area contributed by atoms with E-state index in [4.69, 9.17) is 4.74 Å². The van der Waals surface area contributed by atoms with Crippen LogP contribution in [-0.2, 0) is 6.61 Å². The minimum absolute atomic E-state index is 0.134. The summed E-state index contributed by atoms with van der Waals surface area (Å²) >= 11 is 0. The Balaban J connectivity index is 1.37. The fourth-order valence-corrected chi connectivity index (χ4v) is 4.09. The van der Waals surface area contributed by atoms with Crippen LogP contribution in [-0.4, -0.2) is 42.0 Å². The van der Waals surface area contributed by atoms with Crippen LogP contribution >= 0.6 is 0 Å². The van der Waals surface area contributed by atoms with Crippen molar-refractivity contribution in [3.63, 3.8) is 0 Å². The van der Waals surface area contributed by atoms with Crippen molar-refractivity contribution in [3.05, 3.63) is 59.4 Å². The van der Waals surface area contributed by atoms with Crippen LogP contribution in [0.25, 0.3) is 0 Å². The average molecular weight is 365 g/mol. The molecule has 2 aliphatic rings. The van der Waals surface area contributed by atoms with Gasteiger partial charge in [-0.1, -0.05) is 12.1 Å². The summed E-state index contributed by atoms with van der Waals surface area (Å²) < 4.78 is 5.80. The molecule has 1 aromatic heterocycles. The summed E-state index contributed by atoms with van der Waals surface area (Å²) in [6.45, 7) is 6.32. The van der Waals surface area contributed by atoms with Crippen LogP contribution in [0.15, 0.2) is 42.6 Å². The highest BCUT2D eigenvalue weighted by Crippen LogP contribution is 2.37. The Morgan fingerprint density at radius 3 is 2.78 bits per heavy atom. The molecule has 5 heteroatoms. The SMILES string of the molecule is Cc1ccc(OCc2cccc(C(=O)N3CCC4(CCNC4)CC3)c2)cn1. The average Bonchev–Trinajstić information content (AvgIpc) is 3.16. The molecule has 3 heterocycles. The van der Waals surface area contributed by atoms with Crippen LogP contribution in [0.1, 0.15) is 40.9 Å². The van der Waals surface area contributed by atoms with E-state index in [0.29, 0.717) is 12.0 Å². The zero-order chi connectivity index (χ0) is 18.7. The molecular formula is C22H27N3O2. The van der Waals surface area contributed by atoms with Gasteiger partial charge in [0.2, 0.25) is 0 Å². The molecule has 1 N–H and O–H groups in total. The van der Waals surface area contributed by atoms with Crippen LogP contribution in [0.3, 0.4) is 0 Å². The van der Waals surface area contributed by atoms with Crippen molar-refractivity contribution in [1.82, 2.24) is 15.2 Å². The van der Waals surface area contributed by atoms with Crippen LogP contribution in [0.2, 0.25) is 0 Å². The van der Waals surface area contributed by atoms with Crippen molar-refractivity contribution in [1.29, 1.82) is 0 Å². The Morgan fingerprint density at radius 1 is 1.22 bits per heavy atom. The largest absolute Gasteiger partial charge is 0.487 e. The third kappa shape index (κ3) is 4.14. The maximum absolute atomic E-state index is 12.9. The van der Waals surface area contributed by atoms with Gasteiger partial charge in [0.05, 0.1) is 6.20 Å². The van der Waals surface area contributed by atoms with Gasteiger partial charge >= 0.3 is 0 Å². The fourth-order valence-electron chi connectivity index (χ4n) is 4.09. The number of carbonyl (C=O) groups excluding carboxylic acids is 1. The van der Waals surface area contributed by atoms with Gasteiger partial charge in [-0.15, -0.1) is 0 Å². The number of amides is 1. The van der Waals surface area contributed by atoms with Crippen molar-refractivity contribution in [2.75, 3.05) is 26.2 Å². The molecule has 2 aromatic rings. The number of nitrogens with zero attached hydrogens (tertiary/aromatic N) is 2. The highest BCUT2D eigenvalue weighted by Gasteiger charge is 2.38. The topological polar surface area (TPSA) is 54.5 Å². The number of pyridine rings is 1. The van der Waals surface area contributed by atoms with Crippen LogP contribution in [0.4, 0.5) is 0 Å². The maximum Gasteiger partial charge on any atom is 0.253 e. The second kappa shape index (κ2) is 7.69. The molecule has 142 valence electrons. The molecular weight excluding hydrogens is 338 g/mol. The van der Waals surface area contributed by atoms with Crippen LogP contribution in [0, 0.1) is 12.3 Å². The molecule has 1 spiro atoms. The zero-order valence-corrected chi connectivity index (χ0v) is 15.9. The Labute approximate surface area is 160 Å². The fraction of sp³-hybridized carbons (Fsp3) is 0.455. The molecule has 0 radical (unpaired) electrons. The minimum atomic E-state index is 0.134. The van der Waals surface area contributed by atoms with Crippen molar-refractivity contribution >= 4 is 5.91 Å². The molecule has 2 aliphatic heterocycles. The highest BCUT2D eigenvalue weighted by molar-refractivity contribution is 5.94. The van der Waals surface area contributed by atoms with Crippen molar-refractivity contribution < 1.29 is 9.53 Å². The van der Waals surface area contributed by atoms with Gasteiger partial charge < -0.3 is 15.0 Å². The zero-order valence-electron chi connectivity index (χ0n) is 15.9. The van der Waals surface area contributed by atoms with Gasteiger partial charge in [-0.05, 0) is 68.0 Å². The lowest BCUT2D eigenvalue weighted by Gasteiger charge is -2.39. The highest BCUT2D eigenvalue weighted by atomic mass is 16.5. The van der Waals surface area contributed by atoms with Gasteiger partial charge in [0.25, 0.3) is 5.91 Å². The number of ether oxygens (including phenoxy) is 1. The van der Waals surface area contributed by atoms with E-state index in [0.717, 1.165) is 61.6 Å². The molecule has 0 aliphatic carbocycles. The molecule has 4 rings (SSSR count). The lowest BCUT2D eigenvalue weighted by molar-refractivity contribution is 0.0607. The van der Waals surface area contributed by atoms with Gasteiger partial charge in [0.1, 0.15) is 12.4 Å². The molecule has 1 aromatic carbocycles. The first kappa shape index (κ1) is 18.0. The van der Waals surface area contributed by atoms with E-state index in [1.165, 1.54) is 6.42 Å². The summed E-state index contributed by atoms with van der Waals surface area (Å²) in [5, 5.41) is 3.47. The van der Waals surface area contributed by atoms with Gasteiger partial charge in [-0.2, -0.15) is 0 Å². The number of aryl methyl sites for hydroxylation is 1. The Morgan fingerprint density at radius 2 is 2.07 bits per heavy atom. The molecule has 0 atom stereocenters. The third-order valence-corrected chi connectivity index (χ3v) is 5.91. The number of piperidine rings is 1. The van der Waals surface area contributed by atoms with Gasteiger partial charge in [0.15, 0.2) is 0 Å². The Kier molecular flexibility index (Phi) is 5.12. The summed E-state index contributed by atoms with van der Waals surface area (Å²) in [4.78, 5) is 19.2. The molecule has 2 saturated heterocycles. The number of benzene rings is 1. The van der Waals surface area contributed by atoms with E-state index in [1.807, 2.05) is 48.2 Å². The lowest BCUT2D eigenvalue weighted by Crippen LogP contribution is -2.44.